The highest BCUT2D eigenvalue weighted by Crippen LogP contribution is 2.35. The minimum Gasteiger partial charge on any atom is -0.351 e. The van der Waals surface area contributed by atoms with Crippen LogP contribution in [0.5, 0.6) is 0 Å². The number of fused-ring (bicyclic) bond motifs is 1. The summed E-state index contributed by atoms with van der Waals surface area (Å²) >= 11 is 0. The first-order valence-electron chi connectivity index (χ1n) is 11.6. The predicted octanol–water partition coefficient (Wildman–Crippen LogP) is 3.99. The minimum atomic E-state index is -0.263. The highest BCUT2D eigenvalue weighted by molar-refractivity contribution is 5.74. The first-order valence-corrected chi connectivity index (χ1v) is 11.6. The van der Waals surface area contributed by atoms with E-state index in [0.29, 0.717) is 23.6 Å². The van der Waals surface area contributed by atoms with Crippen LogP contribution in [0.15, 0.2) is 30.5 Å². The molecule has 1 aromatic heterocycles. The Hall–Kier alpha value is -2.61. The normalized spacial score (nSPS) is 22.1. The van der Waals surface area contributed by atoms with E-state index in [-0.39, 0.29) is 12.1 Å². The van der Waals surface area contributed by atoms with E-state index in [2.05, 4.69) is 31.2 Å². The maximum atomic E-state index is 14.3. The van der Waals surface area contributed by atoms with Gasteiger partial charge in [-0.15, -0.1) is 0 Å². The van der Waals surface area contributed by atoms with Crippen molar-refractivity contribution in [3.8, 4) is 0 Å². The Balaban J connectivity index is 1.38. The summed E-state index contributed by atoms with van der Waals surface area (Å²) in [5.41, 5.74) is 1.37. The molecule has 1 aromatic carbocycles. The number of benzene rings is 1. The summed E-state index contributed by atoms with van der Waals surface area (Å²) < 4.78 is 14.3. The lowest BCUT2D eigenvalue weighted by molar-refractivity contribution is 0.370. The fourth-order valence-corrected chi connectivity index (χ4v) is 4.91. The molecule has 1 saturated carbocycles. The van der Waals surface area contributed by atoms with E-state index >= 15 is 0 Å². The van der Waals surface area contributed by atoms with Crippen LogP contribution in [0.25, 0.3) is 0 Å². The summed E-state index contributed by atoms with van der Waals surface area (Å²) in [5.74, 6) is 1.89. The molecule has 0 spiro atoms. The molecule has 4 N–H and O–H groups in total. The Morgan fingerprint density at radius 2 is 1.84 bits per heavy atom. The topological polar surface area (TPSA) is 77.1 Å². The van der Waals surface area contributed by atoms with Crippen molar-refractivity contribution >= 4 is 23.1 Å². The predicted molar refractivity (Wildman–Crippen MR) is 123 cm³/mol. The van der Waals surface area contributed by atoms with Gasteiger partial charge in [0.2, 0.25) is 5.95 Å². The Bertz CT molecular complexity index is 880. The number of rotatable bonds is 6. The van der Waals surface area contributed by atoms with E-state index in [0.717, 1.165) is 44.0 Å². The molecule has 3 heterocycles. The second-order valence-corrected chi connectivity index (χ2v) is 8.93. The maximum absolute atomic E-state index is 14.3. The largest absolute Gasteiger partial charge is 0.351 e. The summed E-state index contributed by atoms with van der Waals surface area (Å²) in [6, 6.07) is 7.25. The van der Waals surface area contributed by atoms with Crippen LogP contribution in [-0.4, -0.2) is 41.9 Å². The van der Waals surface area contributed by atoms with Crippen LogP contribution < -0.4 is 26.2 Å². The van der Waals surface area contributed by atoms with Gasteiger partial charge in [0, 0.05) is 12.6 Å². The molecule has 0 amide bonds. The van der Waals surface area contributed by atoms with Crippen molar-refractivity contribution in [2.45, 2.75) is 57.3 Å². The standard InChI is InChI=1S/C23H32FN7/c24-18-8-4-5-9-19(18)28-23-29-20-14-26-22(27-17-6-2-1-3-7-17)30-21(20)31(23)15-16-10-12-25-13-11-16/h4-5,8-9,14,16-17,23,25,28-29H,1-3,6-7,10-13,15H2,(H,26,27,30). The Kier molecular flexibility index (Phi) is 6.06. The smallest absolute Gasteiger partial charge is 0.224 e. The van der Waals surface area contributed by atoms with Gasteiger partial charge in [-0.3, -0.25) is 0 Å². The van der Waals surface area contributed by atoms with Crippen molar-refractivity contribution in [3.05, 3.63) is 36.3 Å². The molecule has 1 unspecified atom stereocenters. The number of nitrogens with one attached hydrogen (secondary N) is 4. The monoisotopic (exact) mass is 425 g/mol. The summed E-state index contributed by atoms with van der Waals surface area (Å²) in [6.45, 7) is 2.96. The average molecular weight is 426 g/mol. The molecule has 31 heavy (non-hydrogen) atoms. The SMILES string of the molecule is Fc1ccccc1NC1Nc2cnc(NC3CCCCC3)nc2N1CC1CCNCC1. The van der Waals surface area contributed by atoms with Crippen molar-refractivity contribution in [3.63, 3.8) is 0 Å². The highest BCUT2D eigenvalue weighted by atomic mass is 19.1. The maximum Gasteiger partial charge on any atom is 0.224 e. The van der Waals surface area contributed by atoms with Gasteiger partial charge in [0.05, 0.1) is 17.6 Å². The fourth-order valence-electron chi connectivity index (χ4n) is 4.91. The third-order valence-corrected chi connectivity index (χ3v) is 6.66. The van der Waals surface area contributed by atoms with Gasteiger partial charge in [-0.05, 0) is 56.8 Å². The molecular weight excluding hydrogens is 393 g/mol. The van der Waals surface area contributed by atoms with Gasteiger partial charge in [0.1, 0.15) is 5.82 Å². The van der Waals surface area contributed by atoms with Gasteiger partial charge in [-0.2, -0.15) is 4.98 Å². The molecule has 7 nitrogen and oxygen atoms in total. The third-order valence-electron chi connectivity index (χ3n) is 6.66. The molecule has 0 bridgehead atoms. The first kappa shape index (κ1) is 20.3. The summed E-state index contributed by atoms with van der Waals surface area (Å²) in [5, 5.41) is 13.8. The van der Waals surface area contributed by atoms with Crippen LogP contribution in [0.3, 0.4) is 0 Å². The van der Waals surface area contributed by atoms with E-state index in [1.54, 1.807) is 12.1 Å². The number of hydrogen-bond acceptors (Lipinski definition) is 7. The third kappa shape index (κ3) is 4.69. The Morgan fingerprint density at radius 3 is 2.65 bits per heavy atom. The average Bonchev–Trinajstić information content (AvgIpc) is 3.13. The van der Waals surface area contributed by atoms with Crippen molar-refractivity contribution in [1.82, 2.24) is 15.3 Å². The molecular formula is C23H32FN7. The number of halogens is 1. The first-order chi connectivity index (χ1) is 15.3. The van der Waals surface area contributed by atoms with Crippen LogP contribution >= 0.6 is 0 Å². The Morgan fingerprint density at radius 1 is 1.03 bits per heavy atom. The van der Waals surface area contributed by atoms with Crippen molar-refractivity contribution < 1.29 is 4.39 Å². The summed E-state index contributed by atoms with van der Waals surface area (Å²) in [6.07, 6.45) is 10.1. The highest BCUT2D eigenvalue weighted by Gasteiger charge is 2.33. The van der Waals surface area contributed by atoms with E-state index in [4.69, 9.17) is 4.98 Å². The van der Waals surface area contributed by atoms with Crippen LogP contribution in [0.4, 0.5) is 27.5 Å². The lowest BCUT2D eigenvalue weighted by atomic mass is 9.96. The lowest BCUT2D eigenvalue weighted by Gasteiger charge is -2.33. The number of anilines is 4. The Labute approximate surface area is 183 Å². The molecule has 2 aliphatic heterocycles. The summed E-state index contributed by atoms with van der Waals surface area (Å²) in [4.78, 5) is 11.7. The molecule has 0 radical (unpaired) electrons. The quantitative estimate of drug-likeness (QED) is 0.558. The number of nitrogens with zero attached hydrogens (tertiary/aromatic N) is 3. The lowest BCUT2D eigenvalue weighted by Crippen LogP contribution is -2.46. The van der Waals surface area contributed by atoms with E-state index in [9.17, 15) is 4.39 Å². The van der Waals surface area contributed by atoms with Gasteiger partial charge in [-0.25, -0.2) is 9.37 Å². The second kappa shape index (κ2) is 9.26. The van der Waals surface area contributed by atoms with Gasteiger partial charge < -0.3 is 26.2 Å². The number of hydrogen-bond donors (Lipinski definition) is 4. The molecule has 1 aliphatic carbocycles. The van der Waals surface area contributed by atoms with Crippen LogP contribution in [0.2, 0.25) is 0 Å². The molecule has 5 rings (SSSR count). The van der Waals surface area contributed by atoms with Crippen molar-refractivity contribution in [2.75, 3.05) is 40.5 Å². The van der Waals surface area contributed by atoms with Crippen molar-refractivity contribution in [1.29, 1.82) is 0 Å². The molecule has 3 aliphatic rings. The van der Waals surface area contributed by atoms with Crippen molar-refractivity contribution in [2.24, 2.45) is 5.92 Å². The van der Waals surface area contributed by atoms with E-state index in [1.807, 2.05) is 12.3 Å². The zero-order valence-electron chi connectivity index (χ0n) is 17.9. The van der Waals surface area contributed by atoms with Crippen LogP contribution in [0.1, 0.15) is 44.9 Å². The van der Waals surface area contributed by atoms with Gasteiger partial charge in [-0.1, -0.05) is 31.4 Å². The van der Waals surface area contributed by atoms with Gasteiger partial charge in [0.25, 0.3) is 0 Å². The van der Waals surface area contributed by atoms with Gasteiger partial charge in [0.15, 0.2) is 12.1 Å². The molecule has 2 aromatic rings. The molecule has 166 valence electrons. The molecule has 1 saturated heterocycles. The number of piperidine rings is 1. The zero-order chi connectivity index (χ0) is 21.0. The fraction of sp³-hybridized carbons (Fsp3) is 0.565. The minimum absolute atomic E-state index is 0.257. The van der Waals surface area contributed by atoms with Crippen LogP contribution in [0, 0.1) is 11.7 Å². The van der Waals surface area contributed by atoms with Gasteiger partial charge >= 0.3 is 0 Å². The van der Waals surface area contributed by atoms with E-state index < -0.39 is 0 Å². The number of aromatic nitrogens is 2. The second-order valence-electron chi connectivity index (χ2n) is 8.93. The zero-order valence-corrected chi connectivity index (χ0v) is 17.9. The molecule has 1 atom stereocenters. The van der Waals surface area contributed by atoms with Crippen LogP contribution in [-0.2, 0) is 0 Å². The summed E-state index contributed by atoms with van der Waals surface area (Å²) in [7, 11) is 0. The molecule has 8 heteroatoms. The van der Waals surface area contributed by atoms with E-state index in [1.165, 1.54) is 38.2 Å². The number of para-hydroxylation sites is 1. The molecule has 2 fully saturated rings.